The fourth-order valence-electron chi connectivity index (χ4n) is 3.14. The maximum absolute atomic E-state index is 12.8. The summed E-state index contributed by atoms with van der Waals surface area (Å²) in [6.07, 6.45) is 0. The molecule has 3 aromatic carbocycles. The van der Waals surface area contributed by atoms with Crippen molar-refractivity contribution in [2.24, 2.45) is 0 Å². The Kier molecular flexibility index (Phi) is 5.41. The van der Waals surface area contributed by atoms with Gasteiger partial charge >= 0.3 is 5.97 Å². The summed E-state index contributed by atoms with van der Waals surface area (Å²) in [5.74, 6) is -0.989. The molecule has 148 valence electrons. The largest absolute Gasteiger partial charge is 0.465 e. The minimum atomic E-state index is -0.508. The van der Waals surface area contributed by atoms with E-state index in [1.807, 2.05) is 30.3 Å². The van der Waals surface area contributed by atoms with E-state index in [1.54, 1.807) is 48.5 Å². The van der Waals surface area contributed by atoms with Gasteiger partial charge in [-0.1, -0.05) is 60.7 Å². The van der Waals surface area contributed by atoms with Crippen LogP contribution in [0.4, 0.5) is 5.00 Å². The number of anilines is 1. The molecule has 0 aliphatic heterocycles. The Bertz CT molecular complexity index is 1240. The van der Waals surface area contributed by atoms with E-state index in [0.717, 1.165) is 10.1 Å². The SMILES string of the molecule is COC(=O)c1c(NC(=O)c2ccc(C(=O)c3ccccc3)cc2)sc2ccccc12. The third-order valence-corrected chi connectivity index (χ3v) is 5.74. The number of ketones is 1. The maximum atomic E-state index is 12.8. The summed E-state index contributed by atoms with van der Waals surface area (Å²) in [6, 6.07) is 22.8. The molecule has 5 nitrogen and oxygen atoms in total. The minimum Gasteiger partial charge on any atom is -0.465 e. The van der Waals surface area contributed by atoms with Crippen molar-refractivity contribution in [3.8, 4) is 0 Å². The van der Waals surface area contributed by atoms with E-state index < -0.39 is 5.97 Å². The Morgan fingerprint density at radius 2 is 1.37 bits per heavy atom. The zero-order chi connectivity index (χ0) is 21.1. The summed E-state index contributed by atoms with van der Waals surface area (Å²) >= 11 is 1.31. The predicted molar refractivity (Wildman–Crippen MR) is 117 cm³/mol. The van der Waals surface area contributed by atoms with Gasteiger partial charge in [-0.2, -0.15) is 0 Å². The molecule has 1 N–H and O–H groups in total. The van der Waals surface area contributed by atoms with Gasteiger partial charge in [-0.3, -0.25) is 9.59 Å². The molecule has 0 bridgehead atoms. The van der Waals surface area contributed by atoms with Crippen LogP contribution in [0.15, 0.2) is 78.9 Å². The molecular weight excluding hydrogens is 398 g/mol. The normalized spacial score (nSPS) is 10.6. The molecule has 4 aromatic rings. The number of methoxy groups -OCH3 is 1. The lowest BCUT2D eigenvalue weighted by Crippen LogP contribution is -2.14. The zero-order valence-electron chi connectivity index (χ0n) is 16.0. The van der Waals surface area contributed by atoms with E-state index in [0.29, 0.717) is 27.3 Å². The number of amides is 1. The highest BCUT2D eigenvalue weighted by Gasteiger charge is 2.21. The summed E-state index contributed by atoms with van der Waals surface area (Å²) in [4.78, 5) is 37.6. The molecule has 0 fully saturated rings. The molecule has 30 heavy (non-hydrogen) atoms. The van der Waals surface area contributed by atoms with Crippen molar-refractivity contribution in [3.63, 3.8) is 0 Å². The average Bonchev–Trinajstić information content (AvgIpc) is 3.16. The van der Waals surface area contributed by atoms with Gasteiger partial charge < -0.3 is 10.1 Å². The predicted octanol–water partition coefficient (Wildman–Crippen LogP) is 5.17. The number of hydrogen-bond donors (Lipinski definition) is 1. The monoisotopic (exact) mass is 415 g/mol. The lowest BCUT2D eigenvalue weighted by Gasteiger charge is -2.07. The second-order valence-corrected chi connectivity index (χ2v) is 7.57. The number of ether oxygens (including phenoxy) is 1. The number of thiophene rings is 1. The number of benzene rings is 3. The number of carbonyl (C=O) groups excluding carboxylic acids is 3. The molecule has 0 aliphatic carbocycles. The van der Waals surface area contributed by atoms with Gasteiger partial charge in [-0.25, -0.2) is 4.79 Å². The van der Waals surface area contributed by atoms with Crippen LogP contribution >= 0.6 is 11.3 Å². The van der Waals surface area contributed by atoms with Crippen LogP contribution in [0.5, 0.6) is 0 Å². The Labute approximate surface area is 176 Å². The van der Waals surface area contributed by atoms with Crippen LogP contribution in [0.25, 0.3) is 10.1 Å². The lowest BCUT2D eigenvalue weighted by molar-refractivity contribution is 0.0604. The third-order valence-electron chi connectivity index (χ3n) is 4.66. The first-order valence-corrected chi connectivity index (χ1v) is 10.0. The first-order chi connectivity index (χ1) is 14.6. The van der Waals surface area contributed by atoms with Gasteiger partial charge in [0, 0.05) is 26.8 Å². The van der Waals surface area contributed by atoms with Crippen molar-refractivity contribution >= 4 is 44.1 Å². The van der Waals surface area contributed by atoms with E-state index in [-0.39, 0.29) is 11.7 Å². The van der Waals surface area contributed by atoms with Gasteiger partial charge in [-0.15, -0.1) is 11.3 Å². The van der Waals surface area contributed by atoms with Crippen LogP contribution in [0.3, 0.4) is 0 Å². The molecule has 0 aliphatic rings. The van der Waals surface area contributed by atoms with Crippen LogP contribution in [0, 0.1) is 0 Å². The Morgan fingerprint density at radius 1 is 0.767 bits per heavy atom. The number of hydrogen-bond acceptors (Lipinski definition) is 5. The fourth-order valence-corrected chi connectivity index (χ4v) is 4.23. The molecule has 0 saturated carbocycles. The Balaban J connectivity index is 1.59. The van der Waals surface area contributed by atoms with Gasteiger partial charge in [0.05, 0.1) is 7.11 Å². The van der Waals surface area contributed by atoms with Crippen molar-refractivity contribution in [3.05, 3.63) is 101 Å². The van der Waals surface area contributed by atoms with Gasteiger partial charge in [0.25, 0.3) is 5.91 Å². The molecule has 0 atom stereocenters. The number of carbonyl (C=O) groups is 3. The van der Waals surface area contributed by atoms with Gasteiger partial charge in [-0.05, 0) is 18.2 Å². The first-order valence-electron chi connectivity index (χ1n) is 9.19. The number of nitrogens with one attached hydrogen (secondary N) is 1. The molecule has 0 unspecified atom stereocenters. The van der Waals surface area contributed by atoms with Crippen LogP contribution in [-0.4, -0.2) is 24.8 Å². The highest BCUT2D eigenvalue weighted by Crippen LogP contribution is 2.36. The van der Waals surface area contributed by atoms with Crippen molar-refractivity contribution in [1.29, 1.82) is 0 Å². The number of esters is 1. The molecular formula is C24H17NO4S. The topological polar surface area (TPSA) is 72.5 Å². The Morgan fingerprint density at radius 3 is 2.07 bits per heavy atom. The van der Waals surface area contributed by atoms with Gasteiger partial charge in [0.15, 0.2) is 5.78 Å². The summed E-state index contributed by atoms with van der Waals surface area (Å²) < 4.78 is 5.77. The molecule has 1 heterocycles. The molecule has 0 radical (unpaired) electrons. The maximum Gasteiger partial charge on any atom is 0.341 e. The third kappa shape index (κ3) is 3.73. The van der Waals surface area contributed by atoms with Crippen molar-refractivity contribution in [2.75, 3.05) is 12.4 Å². The molecule has 1 amide bonds. The van der Waals surface area contributed by atoms with Crippen molar-refractivity contribution < 1.29 is 19.1 Å². The fraction of sp³-hybridized carbons (Fsp3) is 0.0417. The van der Waals surface area contributed by atoms with Gasteiger partial charge in [0.1, 0.15) is 10.6 Å². The first kappa shape index (κ1) is 19.5. The average molecular weight is 415 g/mol. The number of fused-ring (bicyclic) bond motifs is 1. The highest BCUT2D eigenvalue weighted by atomic mass is 32.1. The Hall–Kier alpha value is -3.77. The molecule has 4 rings (SSSR count). The van der Waals surface area contributed by atoms with Crippen LogP contribution in [-0.2, 0) is 4.74 Å². The minimum absolute atomic E-state index is 0.111. The second kappa shape index (κ2) is 8.31. The molecule has 0 spiro atoms. The lowest BCUT2D eigenvalue weighted by atomic mass is 10.0. The smallest absolute Gasteiger partial charge is 0.341 e. The van der Waals surface area contributed by atoms with Crippen LogP contribution in [0.1, 0.15) is 36.6 Å². The quantitative estimate of drug-likeness (QED) is 0.360. The zero-order valence-corrected chi connectivity index (χ0v) is 16.9. The van der Waals surface area contributed by atoms with Gasteiger partial charge in [0.2, 0.25) is 0 Å². The van der Waals surface area contributed by atoms with Crippen LogP contribution < -0.4 is 5.32 Å². The molecule has 6 heteroatoms. The standard InChI is InChI=1S/C24H17NO4S/c1-29-24(28)20-18-9-5-6-10-19(18)30-23(20)25-22(27)17-13-11-16(12-14-17)21(26)15-7-3-2-4-8-15/h2-14H,1H3,(H,25,27). The van der Waals surface area contributed by atoms with E-state index in [9.17, 15) is 14.4 Å². The van der Waals surface area contributed by atoms with E-state index in [2.05, 4.69) is 5.32 Å². The van der Waals surface area contributed by atoms with E-state index in [4.69, 9.17) is 4.74 Å². The summed E-state index contributed by atoms with van der Waals surface area (Å²) in [5, 5.41) is 3.96. The summed E-state index contributed by atoms with van der Waals surface area (Å²) in [7, 11) is 1.31. The molecule has 1 aromatic heterocycles. The summed E-state index contributed by atoms with van der Waals surface area (Å²) in [6.45, 7) is 0. The van der Waals surface area contributed by atoms with E-state index >= 15 is 0 Å². The van der Waals surface area contributed by atoms with Crippen molar-refractivity contribution in [1.82, 2.24) is 0 Å². The molecule has 0 saturated heterocycles. The summed E-state index contributed by atoms with van der Waals surface area (Å²) in [5.41, 5.74) is 1.80. The van der Waals surface area contributed by atoms with Crippen LogP contribution in [0.2, 0.25) is 0 Å². The second-order valence-electron chi connectivity index (χ2n) is 6.52. The highest BCUT2D eigenvalue weighted by molar-refractivity contribution is 7.23. The van der Waals surface area contributed by atoms with Crippen molar-refractivity contribution in [2.45, 2.75) is 0 Å². The number of rotatable bonds is 5. The van der Waals surface area contributed by atoms with E-state index in [1.165, 1.54) is 18.4 Å².